The first-order valence-electron chi connectivity index (χ1n) is 5.32. The van der Waals surface area contributed by atoms with Crippen LogP contribution in [-0.2, 0) is 11.4 Å². The van der Waals surface area contributed by atoms with E-state index < -0.39 is 6.61 Å². The van der Waals surface area contributed by atoms with Crippen molar-refractivity contribution in [3.05, 3.63) is 29.8 Å². The second kappa shape index (κ2) is 5.93. The van der Waals surface area contributed by atoms with Crippen LogP contribution in [0.25, 0.3) is 0 Å². The number of hydroxylamine groups is 1. The normalized spacial score (nSPS) is 11.9. The third-order valence-corrected chi connectivity index (χ3v) is 1.83. The predicted octanol–water partition coefficient (Wildman–Crippen LogP) is 3.11. The molecule has 0 fully saturated rings. The van der Waals surface area contributed by atoms with E-state index in [1.165, 1.54) is 6.07 Å². The van der Waals surface area contributed by atoms with Crippen LogP contribution in [0.4, 0.5) is 8.78 Å². The molecule has 1 aromatic rings. The Bertz CT molecular complexity index is 351. The first-order chi connectivity index (χ1) is 7.88. The van der Waals surface area contributed by atoms with Crippen molar-refractivity contribution in [3.8, 4) is 5.75 Å². The van der Waals surface area contributed by atoms with E-state index in [2.05, 4.69) is 10.2 Å². The van der Waals surface area contributed by atoms with Gasteiger partial charge in [-0.15, -0.1) is 0 Å². The van der Waals surface area contributed by atoms with Crippen molar-refractivity contribution < 1.29 is 18.4 Å². The van der Waals surface area contributed by atoms with Gasteiger partial charge in [-0.1, -0.05) is 18.2 Å². The molecule has 0 unspecified atom stereocenters. The highest BCUT2D eigenvalue weighted by atomic mass is 19.3. The van der Waals surface area contributed by atoms with Gasteiger partial charge >= 0.3 is 6.61 Å². The predicted molar refractivity (Wildman–Crippen MR) is 60.8 cm³/mol. The highest BCUT2D eigenvalue weighted by Gasteiger charge is 2.12. The second-order valence-electron chi connectivity index (χ2n) is 4.52. The van der Waals surface area contributed by atoms with Crippen LogP contribution in [0.5, 0.6) is 5.75 Å². The van der Waals surface area contributed by atoms with Crippen LogP contribution < -0.4 is 10.2 Å². The fraction of sp³-hybridized carbons (Fsp3) is 0.500. The molecular weight excluding hydrogens is 228 g/mol. The van der Waals surface area contributed by atoms with Gasteiger partial charge in [-0.3, -0.25) is 4.84 Å². The minimum atomic E-state index is -2.82. The first-order valence-corrected chi connectivity index (χ1v) is 5.32. The van der Waals surface area contributed by atoms with Gasteiger partial charge in [0.15, 0.2) is 0 Å². The summed E-state index contributed by atoms with van der Waals surface area (Å²) in [6, 6.07) is 6.61. The molecule has 0 radical (unpaired) electrons. The Labute approximate surface area is 99.7 Å². The number of nitrogens with one attached hydrogen (secondary N) is 1. The summed E-state index contributed by atoms with van der Waals surface area (Å²) in [5, 5.41) is 0. The van der Waals surface area contributed by atoms with E-state index in [9.17, 15) is 8.78 Å². The molecule has 0 aromatic heterocycles. The summed E-state index contributed by atoms with van der Waals surface area (Å²) in [5.41, 5.74) is 3.02. The van der Waals surface area contributed by atoms with Crippen LogP contribution in [0.15, 0.2) is 24.3 Å². The highest BCUT2D eigenvalue weighted by molar-refractivity contribution is 5.33. The molecule has 17 heavy (non-hydrogen) atoms. The van der Waals surface area contributed by atoms with Crippen molar-refractivity contribution in [1.29, 1.82) is 0 Å². The van der Waals surface area contributed by atoms with Crippen LogP contribution in [0, 0.1) is 0 Å². The molecule has 0 aliphatic rings. The second-order valence-corrected chi connectivity index (χ2v) is 4.52. The van der Waals surface area contributed by atoms with Crippen LogP contribution in [-0.4, -0.2) is 12.2 Å². The standard InChI is InChI=1S/C12H17F2NO2/c1-12(2,3)17-15-8-9-6-4-5-7-10(9)16-11(13)14/h4-7,11,15H,8H2,1-3H3. The third-order valence-electron chi connectivity index (χ3n) is 1.83. The molecule has 0 aliphatic heterocycles. The van der Waals surface area contributed by atoms with E-state index in [4.69, 9.17) is 4.84 Å². The molecule has 0 saturated heterocycles. The molecule has 0 spiro atoms. The van der Waals surface area contributed by atoms with E-state index in [0.717, 1.165) is 0 Å². The SMILES string of the molecule is CC(C)(C)ONCc1ccccc1OC(F)F. The monoisotopic (exact) mass is 245 g/mol. The Kier molecular flexibility index (Phi) is 4.84. The van der Waals surface area contributed by atoms with E-state index in [0.29, 0.717) is 12.1 Å². The lowest BCUT2D eigenvalue weighted by molar-refractivity contribution is -0.0776. The molecule has 5 heteroatoms. The summed E-state index contributed by atoms with van der Waals surface area (Å²) in [6.07, 6.45) is 0. The fourth-order valence-electron chi connectivity index (χ4n) is 1.19. The minimum absolute atomic E-state index is 0.160. The van der Waals surface area contributed by atoms with Crippen molar-refractivity contribution in [2.24, 2.45) is 0 Å². The lowest BCUT2D eigenvalue weighted by Crippen LogP contribution is -2.28. The van der Waals surface area contributed by atoms with Crippen molar-refractivity contribution in [3.63, 3.8) is 0 Å². The summed E-state index contributed by atoms with van der Waals surface area (Å²) in [4.78, 5) is 5.30. The molecule has 3 nitrogen and oxygen atoms in total. The zero-order valence-electron chi connectivity index (χ0n) is 10.2. The summed E-state index contributed by atoms with van der Waals surface area (Å²) in [5.74, 6) is 0.160. The van der Waals surface area contributed by atoms with Crippen LogP contribution in [0.1, 0.15) is 26.3 Å². The van der Waals surface area contributed by atoms with Crippen molar-refractivity contribution in [1.82, 2.24) is 5.48 Å². The zero-order valence-corrected chi connectivity index (χ0v) is 10.2. The van der Waals surface area contributed by atoms with Crippen molar-refractivity contribution in [2.45, 2.75) is 39.5 Å². The molecule has 1 N–H and O–H groups in total. The summed E-state index contributed by atoms with van der Waals surface area (Å²) < 4.78 is 28.7. The molecule has 96 valence electrons. The molecule has 0 saturated carbocycles. The van der Waals surface area contributed by atoms with E-state index >= 15 is 0 Å². The van der Waals surface area contributed by atoms with Crippen LogP contribution >= 0.6 is 0 Å². The number of benzene rings is 1. The Balaban J connectivity index is 2.58. The number of hydrogen-bond donors (Lipinski definition) is 1. The Morgan fingerprint density at radius 3 is 2.47 bits per heavy atom. The Hall–Kier alpha value is -1.20. The number of halogens is 2. The van der Waals surface area contributed by atoms with Gasteiger partial charge in [0.25, 0.3) is 0 Å². The lowest BCUT2D eigenvalue weighted by Gasteiger charge is -2.20. The number of para-hydroxylation sites is 1. The van der Waals surface area contributed by atoms with Gasteiger partial charge in [0.2, 0.25) is 0 Å². The number of ether oxygens (including phenoxy) is 1. The van der Waals surface area contributed by atoms with Gasteiger partial charge in [-0.25, -0.2) is 0 Å². The average Bonchev–Trinajstić information content (AvgIpc) is 2.18. The summed E-state index contributed by atoms with van der Waals surface area (Å²) >= 11 is 0. The lowest BCUT2D eigenvalue weighted by atomic mass is 10.2. The van der Waals surface area contributed by atoms with Crippen LogP contribution in [0.2, 0.25) is 0 Å². The minimum Gasteiger partial charge on any atom is -0.434 e. The average molecular weight is 245 g/mol. The molecule has 1 aromatic carbocycles. The summed E-state index contributed by atoms with van der Waals surface area (Å²) in [6.45, 7) is 3.16. The molecule has 1 rings (SSSR count). The molecule has 0 heterocycles. The molecule has 0 aliphatic carbocycles. The zero-order chi connectivity index (χ0) is 12.9. The number of rotatable bonds is 5. The van der Waals surface area contributed by atoms with Gasteiger partial charge in [0.05, 0.1) is 5.60 Å². The number of alkyl halides is 2. The highest BCUT2D eigenvalue weighted by Crippen LogP contribution is 2.20. The molecule has 0 amide bonds. The van der Waals surface area contributed by atoms with Crippen molar-refractivity contribution >= 4 is 0 Å². The quantitative estimate of drug-likeness (QED) is 0.808. The van der Waals surface area contributed by atoms with Crippen LogP contribution in [0.3, 0.4) is 0 Å². The Morgan fingerprint density at radius 1 is 1.24 bits per heavy atom. The smallest absolute Gasteiger partial charge is 0.387 e. The van der Waals surface area contributed by atoms with E-state index in [-0.39, 0.29) is 11.4 Å². The fourth-order valence-corrected chi connectivity index (χ4v) is 1.19. The molecular formula is C12H17F2NO2. The van der Waals surface area contributed by atoms with Gasteiger partial charge in [-0.2, -0.15) is 14.3 Å². The maximum absolute atomic E-state index is 12.1. The number of hydrogen-bond acceptors (Lipinski definition) is 3. The van der Waals surface area contributed by atoms with Crippen molar-refractivity contribution in [2.75, 3.05) is 0 Å². The first kappa shape index (κ1) is 13.9. The van der Waals surface area contributed by atoms with Gasteiger partial charge in [0, 0.05) is 12.1 Å². The third kappa shape index (κ3) is 5.60. The molecule has 0 bridgehead atoms. The van der Waals surface area contributed by atoms with Gasteiger partial charge in [0.1, 0.15) is 5.75 Å². The van der Waals surface area contributed by atoms with E-state index in [1.807, 2.05) is 20.8 Å². The van der Waals surface area contributed by atoms with Gasteiger partial charge < -0.3 is 4.74 Å². The van der Waals surface area contributed by atoms with Gasteiger partial charge in [-0.05, 0) is 26.8 Å². The topological polar surface area (TPSA) is 30.5 Å². The largest absolute Gasteiger partial charge is 0.434 e. The Morgan fingerprint density at radius 2 is 1.88 bits per heavy atom. The summed E-state index contributed by atoms with van der Waals surface area (Å²) in [7, 11) is 0. The maximum Gasteiger partial charge on any atom is 0.387 e. The van der Waals surface area contributed by atoms with E-state index in [1.54, 1.807) is 18.2 Å². The molecule has 0 atom stereocenters. The maximum atomic E-state index is 12.1.